The molecule has 0 saturated carbocycles. The number of fused-ring (bicyclic) bond motifs is 1. The average molecular weight is 300 g/mol. The molecule has 5 nitrogen and oxygen atoms in total. The van der Waals surface area contributed by atoms with E-state index in [0.717, 1.165) is 4.57 Å². The molecule has 0 bridgehead atoms. The molecular weight excluding hydrogens is 289 g/mol. The van der Waals surface area contributed by atoms with Gasteiger partial charge in [0.2, 0.25) is 6.79 Å². The van der Waals surface area contributed by atoms with Crippen LogP contribution in [0.4, 0.5) is 13.2 Å². The number of hydrogen-bond donors (Lipinski definition) is 0. The highest BCUT2D eigenvalue weighted by Crippen LogP contribution is 2.35. The van der Waals surface area contributed by atoms with Crippen molar-refractivity contribution >= 4 is 0 Å². The first kappa shape index (κ1) is 13.6. The van der Waals surface area contributed by atoms with Crippen molar-refractivity contribution in [3.8, 4) is 17.2 Å². The van der Waals surface area contributed by atoms with E-state index in [1.54, 1.807) is 18.2 Å². The Morgan fingerprint density at radius 3 is 2.86 bits per heavy atom. The predicted octanol–water partition coefficient (Wildman–Crippen LogP) is 2.75. The summed E-state index contributed by atoms with van der Waals surface area (Å²) in [5.74, 6) is 1.83. The lowest BCUT2D eigenvalue weighted by Gasteiger charge is -2.11. The highest BCUT2D eigenvalue weighted by molar-refractivity contribution is 5.46. The number of halogens is 3. The van der Waals surface area contributed by atoms with Gasteiger partial charge in [0.05, 0.1) is 0 Å². The average Bonchev–Trinajstić information content (AvgIpc) is 3.02. The van der Waals surface area contributed by atoms with Crippen LogP contribution in [-0.2, 0) is 13.2 Å². The van der Waals surface area contributed by atoms with Gasteiger partial charge < -0.3 is 18.8 Å². The van der Waals surface area contributed by atoms with Gasteiger partial charge in [0.1, 0.15) is 24.7 Å². The standard InChI is InChI=1S/C13H11F3N2O3/c14-13(15,16)7-18-4-3-17-12(18)6-19-9-1-2-10-11(5-9)21-8-20-10/h1-5H,6-8H2. The maximum absolute atomic E-state index is 12.4. The monoisotopic (exact) mass is 300 g/mol. The molecule has 21 heavy (non-hydrogen) atoms. The van der Waals surface area contributed by atoms with Gasteiger partial charge in [0.15, 0.2) is 11.5 Å². The Kier molecular flexibility index (Phi) is 3.36. The fraction of sp³-hybridized carbons (Fsp3) is 0.308. The van der Waals surface area contributed by atoms with Gasteiger partial charge in [-0.05, 0) is 12.1 Å². The van der Waals surface area contributed by atoms with Gasteiger partial charge >= 0.3 is 6.18 Å². The fourth-order valence-corrected chi connectivity index (χ4v) is 1.93. The minimum atomic E-state index is -4.30. The van der Waals surface area contributed by atoms with Crippen molar-refractivity contribution in [3.63, 3.8) is 0 Å². The Morgan fingerprint density at radius 2 is 2.05 bits per heavy atom. The van der Waals surface area contributed by atoms with Gasteiger partial charge in [-0.25, -0.2) is 4.98 Å². The quantitative estimate of drug-likeness (QED) is 0.871. The van der Waals surface area contributed by atoms with Crippen LogP contribution in [0.3, 0.4) is 0 Å². The molecule has 1 aliphatic rings. The molecule has 0 unspecified atom stereocenters. The number of benzene rings is 1. The molecule has 2 aromatic rings. The third-order valence-corrected chi connectivity index (χ3v) is 2.86. The van der Waals surface area contributed by atoms with Gasteiger partial charge in [0.25, 0.3) is 0 Å². The van der Waals surface area contributed by atoms with E-state index in [9.17, 15) is 13.2 Å². The number of hydrogen-bond acceptors (Lipinski definition) is 4. The van der Waals surface area contributed by atoms with E-state index < -0.39 is 12.7 Å². The van der Waals surface area contributed by atoms with Crippen LogP contribution < -0.4 is 14.2 Å². The molecule has 3 rings (SSSR count). The minimum Gasteiger partial charge on any atom is -0.486 e. The van der Waals surface area contributed by atoms with Crippen molar-refractivity contribution in [1.29, 1.82) is 0 Å². The Balaban J connectivity index is 1.67. The van der Waals surface area contributed by atoms with Gasteiger partial charge in [-0.15, -0.1) is 0 Å². The second kappa shape index (κ2) is 5.19. The molecule has 1 aromatic heterocycles. The zero-order valence-corrected chi connectivity index (χ0v) is 10.8. The van der Waals surface area contributed by atoms with Crippen LogP contribution in [0, 0.1) is 0 Å². The molecule has 1 aromatic carbocycles. The SMILES string of the molecule is FC(F)(F)Cn1ccnc1COc1ccc2c(c1)OCO2. The lowest BCUT2D eigenvalue weighted by Crippen LogP contribution is -2.19. The molecular formula is C13H11F3N2O3. The van der Waals surface area contributed by atoms with Gasteiger partial charge in [-0.1, -0.05) is 0 Å². The molecule has 0 spiro atoms. The molecule has 1 aliphatic heterocycles. The zero-order chi connectivity index (χ0) is 14.9. The number of aromatic nitrogens is 2. The molecule has 0 radical (unpaired) electrons. The maximum atomic E-state index is 12.4. The first-order chi connectivity index (χ1) is 10.0. The molecule has 2 heterocycles. The van der Waals surface area contributed by atoms with Gasteiger partial charge in [-0.2, -0.15) is 13.2 Å². The van der Waals surface area contributed by atoms with E-state index in [1.165, 1.54) is 12.4 Å². The van der Waals surface area contributed by atoms with Crippen LogP contribution in [0.15, 0.2) is 30.6 Å². The highest BCUT2D eigenvalue weighted by atomic mass is 19.4. The molecule has 0 saturated heterocycles. The summed E-state index contributed by atoms with van der Waals surface area (Å²) in [6, 6.07) is 4.96. The lowest BCUT2D eigenvalue weighted by atomic mass is 10.3. The summed E-state index contributed by atoms with van der Waals surface area (Å²) in [7, 11) is 0. The molecule has 0 amide bonds. The molecule has 8 heteroatoms. The third-order valence-electron chi connectivity index (χ3n) is 2.86. The van der Waals surface area contributed by atoms with Gasteiger partial charge in [0, 0.05) is 18.5 Å². The van der Waals surface area contributed by atoms with E-state index in [1.807, 2.05) is 0 Å². The molecule has 0 N–H and O–H groups in total. The largest absolute Gasteiger partial charge is 0.486 e. The summed E-state index contributed by atoms with van der Waals surface area (Å²) in [5, 5.41) is 0. The number of rotatable bonds is 4. The summed E-state index contributed by atoms with van der Waals surface area (Å²) in [5.41, 5.74) is 0. The molecule has 0 aliphatic carbocycles. The summed E-state index contributed by atoms with van der Waals surface area (Å²) in [6.45, 7) is -1.01. The van der Waals surface area contributed by atoms with E-state index in [4.69, 9.17) is 14.2 Å². The number of alkyl halides is 3. The summed E-state index contributed by atoms with van der Waals surface area (Å²) < 4.78 is 54.0. The van der Waals surface area contributed by atoms with Crippen LogP contribution in [0.2, 0.25) is 0 Å². The van der Waals surface area contributed by atoms with Crippen LogP contribution in [0.25, 0.3) is 0 Å². The van der Waals surface area contributed by atoms with Crippen LogP contribution >= 0.6 is 0 Å². The topological polar surface area (TPSA) is 45.5 Å². The Hall–Kier alpha value is -2.38. The first-order valence-corrected chi connectivity index (χ1v) is 6.10. The van der Waals surface area contributed by atoms with Crippen molar-refractivity contribution in [3.05, 3.63) is 36.4 Å². The minimum absolute atomic E-state index is 0.0667. The first-order valence-electron chi connectivity index (χ1n) is 6.10. The fourth-order valence-electron chi connectivity index (χ4n) is 1.93. The van der Waals surface area contributed by atoms with Crippen LogP contribution in [0.1, 0.15) is 5.82 Å². The van der Waals surface area contributed by atoms with Crippen molar-refractivity contribution < 1.29 is 27.4 Å². The maximum Gasteiger partial charge on any atom is 0.406 e. The summed E-state index contributed by atoms with van der Waals surface area (Å²) in [6.07, 6.45) is -1.72. The molecule has 0 atom stereocenters. The lowest BCUT2D eigenvalue weighted by molar-refractivity contribution is -0.141. The Labute approximate surface area is 117 Å². The van der Waals surface area contributed by atoms with E-state index >= 15 is 0 Å². The second-order valence-electron chi connectivity index (χ2n) is 4.39. The van der Waals surface area contributed by atoms with E-state index in [0.29, 0.717) is 17.2 Å². The van der Waals surface area contributed by atoms with Crippen molar-refractivity contribution in [2.75, 3.05) is 6.79 Å². The van der Waals surface area contributed by atoms with Crippen LogP contribution in [-0.4, -0.2) is 22.5 Å². The Morgan fingerprint density at radius 1 is 1.24 bits per heavy atom. The number of imidazole rings is 1. The highest BCUT2D eigenvalue weighted by Gasteiger charge is 2.28. The summed E-state index contributed by atoms with van der Waals surface area (Å²) in [4.78, 5) is 3.87. The molecule has 0 fully saturated rings. The Bertz CT molecular complexity index is 640. The number of ether oxygens (including phenoxy) is 3. The van der Waals surface area contributed by atoms with Gasteiger partial charge in [-0.3, -0.25) is 0 Å². The van der Waals surface area contributed by atoms with E-state index in [-0.39, 0.29) is 19.2 Å². The smallest absolute Gasteiger partial charge is 0.406 e. The second-order valence-corrected chi connectivity index (χ2v) is 4.39. The van der Waals surface area contributed by atoms with Crippen LogP contribution in [0.5, 0.6) is 17.2 Å². The third kappa shape index (κ3) is 3.21. The van der Waals surface area contributed by atoms with Crippen molar-refractivity contribution in [2.45, 2.75) is 19.3 Å². The zero-order valence-electron chi connectivity index (χ0n) is 10.8. The predicted molar refractivity (Wildman–Crippen MR) is 65.2 cm³/mol. The van der Waals surface area contributed by atoms with E-state index in [2.05, 4.69) is 4.98 Å². The van der Waals surface area contributed by atoms with Crippen molar-refractivity contribution in [1.82, 2.24) is 9.55 Å². The number of nitrogens with zero attached hydrogens (tertiary/aromatic N) is 2. The van der Waals surface area contributed by atoms with Crippen molar-refractivity contribution in [2.24, 2.45) is 0 Å². The molecule has 112 valence electrons. The normalized spacial score (nSPS) is 13.5. The summed E-state index contributed by atoms with van der Waals surface area (Å²) >= 11 is 0.